The highest BCUT2D eigenvalue weighted by Gasteiger charge is 2.25. The minimum atomic E-state index is -0.666. The number of methoxy groups -OCH3 is 2. The first-order chi connectivity index (χ1) is 8.54. The summed E-state index contributed by atoms with van der Waals surface area (Å²) in [6.45, 7) is 0.184. The summed E-state index contributed by atoms with van der Waals surface area (Å²) in [5.74, 6) is 1.43. The molecule has 0 saturated carbocycles. The third kappa shape index (κ3) is 3.13. The molecule has 3 N–H and O–H groups in total. The van der Waals surface area contributed by atoms with Crippen molar-refractivity contribution in [3.63, 3.8) is 0 Å². The zero-order valence-corrected chi connectivity index (χ0v) is 11.4. The third-order valence-electron chi connectivity index (χ3n) is 2.92. The lowest BCUT2D eigenvalue weighted by Gasteiger charge is -2.30. The molecule has 0 spiro atoms. The fourth-order valence-electron chi connectivity index (χ4n) is 2.03. The lowest BCUT2D eigenvalue weighted by molar-refractivity contribution is 0.0806. The number of hydrogen-bond donors (Lipinski definition) is 2. The summed E-state index contributed by atoms with van der Waals surface area (Å²) in [4.78, 5) is 1.91. The summed E-state index contributed by atoms with van der Waals surface area (Å²) in [7, 11) is 6.99. The van der Waals surface area contributed by atoms with Gasteiger partial charge < -0.3 is 20.3 Å². The first-order valence-corrected chi connectivity index (χ1v) is 5.81. The van der Waals surface area contributed by atoms with Gasteiger partial charge in [0.25, 0.3) is 0 Å². The molecule has 0 heterocycles. The van der Waals surface area contributed by atoms with Crippen LogP contribution >= 0.6 is 0 Å². The lowest BCUT2D eigenvalue weighted by atomic mass is 9.99. The molecule has 0 aliphatic heterocycles. The van der Waals surface area contributed by atoms with Gasteiger partial charge in [0.15, 0.2) is 0 Å². The van der Waals surface area contributed by atoms with E-state index in [1.807, 2.05) is 37.2 Å². The van der Waals surface area contributed by atoms with Crippen LogP contribution in [-0.2, 0) is 0 Å². The molecule has 0 aromatic heterocycles. The number of aliphatic hydroxyl groups is 1. The van der Waals surface area contributed by atoms with Crippen LogP contribution in [0, 0.1) is 0 Å². The van der Waals surface area contributed by atoms with Crippen LogP contribution in [0.2, 0.25) is 0 Å². The highest BCUT2D eigenvalue weighted by molar-refractivity contribution is 5.42. The van der Waals surface area contributed by atoms with Gasteiger partial charge in [0.1, 0.15) is 11.5 Å². The fraction of sp³-hybridized carbons (Fsp3) is 0.538. The molecule has 0 radical (unpaired) electrons. The zero-order valence-electron chi connectivity index (χ0n) is 11.4. The van der Waals surface area contributed by atoms with E-state index in [0.29, 0.717) is 5.75 Å². The second kappa shape index (κ2) is 6.58. The van der Waals surface area contributed by atoms with Gasteiger partial charge in [-0.25, -0.2) is 0 Å². The van der Waals surface area contributed by atoms with Crippen LogP contribution in [0.1, 0.15) is 11.6 Å². The van der Waals surface area contributed by atoms with Crippen molar-refractivity contribution < 1.29 is 14.6 Å². The van der Waals surface area contributed by atoms with Crippen LogP contribution < -0.4 is 15.2 Å². The van der Waals surface area contributed by atoms with Crippen molar-refractivity contribution in [1.29, 1.82) is 0 Å². The Kier molecular flexibility index (Phi) is 5.40. The van der Waals surface area contributed by atoms with E-state index in [0.717, 1.165) is 11.3 Å². The van der Waals surface area contributed by atoms with Crippen LogP contribution in [0.4, 0.5) is 0 Å². The number of benzene rings is 1. The summed E-state index contributed by atoms with van der Waals surface area (Å²) >= 11 is 0. The molecule has 0 aliphatic rings. The van der Waals surface area contributed by atoms with E-state index in [9.17, 15) is 5.11 Å². The van der Waals surface area contributed by atoms with Gasteiger partial charge in [0, 0.05) is 12.1 Å². The first kappa shape index (κ1) is 14.8. The van der Waals surface area contributed by atoms with Gasteiger partial charge in [-0.2, -0.15) is 0 Å². The third-order valence-corrected chi connectivity index (χ3v) is 2.92. The van der Waals surface area contributed by atoms with Crippen LogP contribution in [0.25, 0.3) is 0 Å². The summed E-state index contributed by atoms with van der Waals surface area (Å²) in [5.41, 5.74) is 6.42. The monoisotopic (exact) mass is 254 g/mol. The lowest BCUT2D eigenvalue weighted by Crippen LogP contribution is -2.36. The highest BCUT2D eigenvalue weighted by atomic mass is 16.5. The quantitative estimate of drug-likeness (QED) is 0.779. The van der Waals surface area contributed by atoms with Gasteiger partial charge in [-0.3, -0.25) is 4.90 Å². The van der Waals surface area contributed by atoms with E-state index in [1.165, 1.54) is 0 Å². The number of rotatable bonds is 6. The first-order valence-electron chi connectivity index (χ1n) is 5.81. The average molecular weight is 254 g/mol. The van der Waals surface area contributed by atoms with Gasteiger partial charge in [0.05, 0.1) is 26.4 Å². The molecule has 2 atom stereocenters. The zero-order chi connectivity index (χ0) is 13.7. The topological polar surface area (TPSA) is 67.9 Å². The van der Waals surface area contributed by atoms with Crippen LogP contribution in [-0.4, -0.2) is 51.0 Å². The van der Waals surface area contributed by atoms with Gasteiger partial charge in [0.2, 0.25) is 0 Å². The van der Waals surface area contributed by atoms with Gasteiger partial charge in [-0.05, 0) is 32.3 Å². The standard InChI is InChI=1S/C13H22N2O3/c1-15(2)13(11(16)8-14)10-7-9(17-3)5-6-12(10)18-4/h5-7,11,13,16H,8,14H2,1-4H3. The Morgan fingerprint density at radius 2 is 1.94 bits per heavy atom. The highest BCUT2D eigenvalue weighted by Crippen LogP contribution is 2.33. The largest absolute Gasteiger partial charge is 0.497 e. The molecule has 5 nitrogen and oxygen atoms in total. The molecule has 5 heteroatoms. The molecule has 0 saturated heterocycles. The normalized spacial score (nSPS) is 14.4. The van der Waals surface area contributed by atoms with Crippen molar-refractivity contribution in [2.45, 2.75) is 12.1 Å². The predicted octanol–water partition coefficient (Wildman–Crippen LogP) is 0.626. The Labute approximate surface area is 108 Å². The number of likely N-dealkylation sites (N-methyl/N-ethyl adjacent to an activating group) is 1. The maximum atomic E-state index is 10.1. The summed E-state index contributed by atoms with van der Waals surface area (Å²) in [5, 5.41) is 10.1. The Balaban J connectivity index is 3.24. The second-order valence-electron chi connectivity index (χ2n) is 4.32. The minimum absolute atomic E-state index is 0.184. The van der Waals surface area contributed by atoms with E-state index in [2.05, 4.69) is 0 Å². The van der Waals surface area contributed by atoms with Gasteiger partial charge in [-0.15, -0.1) is 0 Å². The van der Waals surface area contributed by atoms with Crippen LogP contribution in [0.3, 0.4) is 0 Å². The molecule has 1 aromatic rings. The van der Waals surface area contributed by atoms with E-state index in [4.69, 9.17) is 15.2 Å². The van der Waals surface area contributed by atoms with Crippen molar-refractivity contribution in [3.05, 3.63) is 23.8 Å². The molecule has 0 bridgehead atoms. The number of aliphatic hydroxyl groups excluding tert-OH is 1. The molecular formula is C13H22N2O3. The predicted molar refractivity (Wildman–Crippen MR) is 71.0 cm³/mol. The summed E-state index contributed by atoms with van der Waals surface area (Å²) in [6, 6.07) is 5.28. The summed E-state index contributed by atoms with van der Waals surface area (Å²) < 4.78 is 10.5. The SMILES string of the molecule is COc1ccc(OC)c(C(C(O)CN)N(C)C)c1. The van der Waals surface area contributed by atoms with E-state index < -0.39 is 6.10 Å². The Bertz CT molecular complexity index is 382. The molecule has 2 unspecified atom stereocenters. The van der Waals surface area contributed by atoms with Crippen molar-refractivity contribution >= 4 is 0 Å². The van der Waals surface area contributed by atoms with Crippen LogP contribution in [0.5, 0.6) is 11.5 Å². The minimum Gasteiger partial charge on any atom is -0.497 e. The van der Waals surface area contributed by atoms with E-state index >= 15 is 0 Å². The number of nitrogens with zero attached hydrogens (tertiary/aromatic N) is 1. The molecule has 0 aliphatic carbocycles. The van der Waals surface area contributed by atoms with Crippen molar-refractivity contribution in [2.75, 3.05) is 34.9 Å². The van der Waals surface area contributed by atoms with Crippen molar-refractivity contribution in [2.24, 2.45) is 5.73 Å². The molecular weight excluding hydrogens is 232 g/mol. The number of ether oxygens (including phenoxy) is 2. The van der Waals surface area contributed by atoms with Crippen molar-refractivity contribution in [1.82, 2.24) is 4.90 Å². The molecule has 18 heavy (non-hydrogen) atoms. The molecule has 102 valence electrons. The number of nitrogens with two attached hydrogens (primary N) is 1. The smallest absolute Gasteiger partial charge is 0.124 e. The van der Waals surface area contributed by atoms with Crippen LogP contribution in [0.15, 0.2) is 18.2 Å². The number of hydrogen-bond acceptors (Lipinski definition) is 5. The Morgan fingerprint density at radius 1 is 1.28 bits per heavy atom. The summed E-state index contributed by atoms with van der Waals surface area (Å²) in [6.07, 6.45) is -0.666. The fourth-order valence-corrected chi connectivity index (χ4v) is 2.03. The maximum Gasteiger partial charge on any atom is 0.124 e. The Morgan fingerprint density at radius 3 is 2.39 bits per heavy atom. The van der Waals surface area contributed by atoms with E-state index in [-0.39, 0.29) is 12.6 Å². The second-order valence-corrected chi connectivity index (χ2v) is 4.32. The Hall–Kier alpha value is -1.30. The average Bonchev–Trinajstić information content (AvgIpc) is 2.38. The van der Waals surface area contributed by atoms with Gasteiger partial charge >= 0.3 is 0 Å². The van der Waals surface area contributed by atoms with Gasteiger partial charge in [-0.1, -0.05) is 0 Å². The molecule has 0 amide bonds. The maximum absolute atomic E-state index is 10.1. The van der Waals surface area contributed by atoms with E-state index in [1.54, 1.807) is 14.2 Å². The van der Waals surface area contributed by atoms with Crippen molar-refractivity contribution in [3.8, 4) is 11.5 Å². The molecule has 1 aromatic carbocycles. The molecule has 1 rings (SSSR count). The molecule has 0 fully saturated rings.